The Balaban J connectivity index is 2.34. The summed E-state index contributed by atoms with van der Waals surface area (Å²) in [7, 11) is 0. The predicted molar refractivity (Wildman–Crippen MR) is 85.1 cm³/mol. The molecule has 0 bridgehead atoms. The molecule has 1 heterocycles. The van der Waals surface area contributed by atoms with Crippen LogP contribution in [0.5, 0.6) is 5.75 Å². The van der Waals surface area contributed by atoms with Crippen LogP contribution in [0.25, 0.3) is 22.1 Å². The number of aryl methyl sites for hydroxylation is 1. The molecule has 23 heavy (non-hydrogen) atoms. The highest BCUT2D eigenvalue weighted by atomic mass is 16.4. The molecular weight excluding hydrogens is 296 g/mol. The van der Waals surface area contributed by atoms with Crippen LogP contribution < -0.4 is 5.63 Å². The number of hydrogen-bond donors (Lipinski definition) is 1. The van der Waals surface area contributed by atoms with E-state index in [2.05, 4.69) is 0 Å². The number of benzene rings is 2. The minimum atomic E-state index is -0.609. The summed E-state index contributed by atoms with van der Waals surface area (Å²) >= 11 is 0. The van der Waals surface area contributed by atoms with Crippen molar-refractivity contribution in [1.29, 1.82) is 0 Å². The molecule has 3 rings (SSSR count). The van der Waals surface area contributed by atoms with E-state index in [4.69, 9.17) is 4.42 Å². The molecule has 2 aromatic carbocycles. The summed E-state index contributed by atoms with van der Waals surface area (Å²) in [5.41, 5.74) is 1.52. The lowest BCUT2D eigenvalue weighted by Crippen LogP contribution is -2.07. The van der Waals surface area contributed by atoms with Crippen molar-refractivity contribution in [2.24, 2.45) is 0 Å². The number of phenols is 1. The Morgan fingerprint density at radius 1 is 1.00 bits per heavy atom. The summed E-state index contributed by atoms with van der Waals surface area (Å²) in [6.07, 6.45) is 1.18. The van der Waals surface area contributed by atoms with E-state index in [1.807, 2.05) is 0 Å². The summed E-state index contributed by atoms with van der Waals surface area (Å²) in [4.78, 5) is 34.2. The maximum absolute atomic E-state index is 12.4. The molecular formula is C18H12O5. The highest BCUT2D eigenvalue weighted by Gasteiger charge is 2.17. The lowest BCUT2D eigenvalue weighted by atomic mass is 9.97. The van der Waals surface area contributed by atoms with Gasteiger partial charge >= 0.3 is 5.63 Å². The zero-order valence-electron chi connectivity index (χ0n) is 12.2. The van der Waals surface area contributed by atoms with Crippen LogP contribution in [0.3, 0.4) is 0 Å². The van der Waals surface area contributed by atoms with Crippen molar-refractivity contribution in [2.75, 3.05) is 0 Å². The number of carbonyl (C=O) groups excluding carboxylic acids is 2. The molecule has 0 aliphatic rings. The van der Waals surface area contributed by atoms with Crippen molar-refractivity contribution in [2.45, 2.75) is 6.92 Å². The van der Waals surface area contributed by atoms with E-state index in [1.165, 1.54) is 6.07 Å². The van der Waals surface area contributed by atoms with Gasteiger partial charge in [-0.2, -0.15) is 0 Å². The van der Waals surface area contributed by atoms with Crippen LogP contribution in [0.4, 0.5) is 0 Å². The third-order valence-electron chi connectivity index (χ3n) is 3.80. The fourth-order valence-corrected chi connectivity index (χ4v) is 2.60. The minimum Gasteiger partial charge on any atom is -0.507 e. The number of carbonyl (C=O) groups is 2. The summed E-state index contributed by atoms with van der Waals surface area (Å²) in [5, 5.41) is 10.3. The molecule has 0 unspecified atom stereocenters. The molecule has 0 aliphatic heterocycles. The van der Waals surface area contributed by atoms with Crippen molar-refractivity contribution >= 4 is 23.5 Å². The van der Waals surface area contributed by atoms with Crippen LogP contribution in [0.15, 0.2) is 45.6 Å². The number of rotatable bonds is 3. The van der Waals surface area contributed by atoms with Gasteiger partial charge < -0.3 is 9.52 Å². The maximum atomic E-state index is 12.4. The van der Waals surface area contributed by atoms with Gasteiger partial charge in [0.25, 0.3) is 0 Å². The highest BCUT2D eigenvalue weighted by Crippen LogP contribution is 2.31. The summed E-state index contributed by atoms with van der Waals surface area (Å²) < 4.78 is 5.27. The lowest BCUT2D eigenvalue weighted by molar-refractivity contribution is 0.111. The van der Waals surface area contributed by atoms with E-state index < -0.39 is 5.63 Å². The Labute approximate surface area is 130 Å². The Hall–Kier alpha value is -3.21. The quantitative estimate of drug-likeness (QED) is 0.593. The number of aldehydes is 2. The van der Waals surface area contributed by atoms with E-state index in [-0.39, 0.29) is 16.9 Å². The first-order valence-corrected chi connectivity index (χ1v) is 6.87. The molecule has 0 radical (unpaired) electrons. The molecule has 3 aromatic rings. The molecule has 0 spiro atoms. The fourth-order valence-electron chi connectivity index (χ4n) is 2.60. The largest absolute Gasteiger partial charge is 0.507 e. The van der Waals surface area contributed by atoms with E-state index >= 15 is 0 Å². The van der Waals surface area contributed by atoms with Crippen molar-refractivity contribution in [3.63, 3.8) is 0 Å². The molecule has 5 heteroatoms. The minimum absolute atomic E-state index is 0.0504. The maximum Gasteiger partial charge on any atom is 0.344 e. The van der Waals surface area contributed by atoms with E-state index in [0.29, 0.717) is 33.9 Å². The van der Waals surface area contributed by atoms with Gasteiger partial charge in [0.05, 0.1) is 11.1 Å². The van der Waals surface area contributed by atoms with Crippen molar-refractivity contribution < 1.29 is 19.1 Å². The molecule has 0 fully saturated rings. The molecule has 114 valence electrons. The third kappa shape index (κ3) is 2.32. The van der Waals surface area contributed by atoms with E-state index in [9.17, 15) is 19.5 Å². The second kappa shape index (κ2) is 5.53. The number of fused-ring (bicyclic) bond motifs is 1. The number of aromatic hydroxyl groups is 1. The number of phenolic OH excluding ortho intramolecular Hbond substituents is 1. The van der Waals surface area contributed by atoms with Crippen molar-refractivity contribution in [3.05, 3.63) is 63.5 Å². The standard InChI is InChI=1S/C18H12O5/c1-10-13-6-7-15(21)14(9-20)17(13)23-18(22)16(10)12-4-2-11(8-19)3-5-12/h2-9,21H,1H3. The molecule has 0 saturated heterocycles. The zero-order valence-corrected chi connectivity index (χ0v) is 12.2. The second-order valence-corrected chi connectivity index (χ2v) is 5.12. The van der Waals surface area contributed by atoms with Gasteiger partial charge in [0, 0.05) is 10.9 Å². The molecule has 0 atom stereocenters. The fraction of sp³-hybridized carbons (Fsp3) is 0.0556. The van der Waals surface area contributed by atoms with Gasteiger partial charge in [0.2, 0.25) is 0 Å². The Morgan fingerprint density at radius 3 is 2.30 bits per heavy atom. The van der Waals surface area contributed by atoms with Gasteiger partial charge in [0.1, 0.15) is 12.0 Å². The average Bonchev–Trinajstić information content (AvgIpc) is 2.55. The third-order valence-corrected chi connectivity index (χ3v) is 3.80. The van der Waals surface area contributed by atoms with Crippen LogP contribution in [0.1, 0.15) is 26.3 Å². The van der Waals surface area contributed by atoms with Gasteiger partial charge in [0.15, 0.2) is 11.9 Å². The SMILES string of the molecule is Cc1c(-c2ccc(C=O)cc2)c(=O)oc2c(C=O)c(O)ccc12. The van der Waals surface area contributed by atoms with Gasteiger partial charge in [-0.3, -0.25) is 9.59 Å². The normalized spacial score (nSPS) is 10.7. The average molecular weight is 308 g/mol. The Kier molecular flexibility index (Phi) is 3.54. The van der Waals surface area contributed by atoms with Gasteiger partial charge in [-0.1, -0.05) is 24.3 Å². The van der Waals surface area contributed by atoms with Crippen LogP contribution in [-0.4, -0.2) is 17.7 Å². The van der Waals surface area contributed by atoms with Crippen molar-refractivity contribution in [1.82, 2.24) is 0 Å². The molecule has 1 aromatic heterocycles. The van der Waals surface area contributed by atoms with Gasteiger partial charge in [-0.05, 0) is 30.2 Å². The first-order valence-electron chi connectivity index (χ1n) is 6.87. The smallest absolute Gasteiger partial charge is 0.344 e. The monoisotopic (exact) mass is 308 g/mol. The van der Waals surface area contributed by atoms with E-state index in [0.717, 1.165) is 6.29 Å². The summed E-state index contributed by atoms with van der Waals surface area (Å²) in [5.74, 6) is -0.238. The first kappa shape index (κ1) is 14.7. The molecule has 0 amide bonds. The Morgan fingerprint density at radius 2 is 1.70 bits per heavy atom. The molecule has 1 N–H and O–H groups in total. The van der Waals surface area contributed by atoms with Crippen LogP contribution >= 0.6 is 0 Å². The van der Waals surface area contributed by atoms with Crippen LogP contribution in [-0.2, 0) is 0 Å². The van der Waals surface area contributed by atoms with E-state index in [1.54, 1.807) is 37.3 Å². The topological polar surface area (TPSA) is 84.6 Å². The molecule has 0 saturated carbocycles. The lowest BCUT2D eigenvalue weighted by Gasteiger charge is -2.10. The highest BCUT2D eigenvalue weighted by molar-refractivity contribution is 6.00. The summed E-state index contributed by atoms with van der Waals surface area (Å²) in [6, 6.07) is 9.53. The first-order chi connectivity index (χ1) is 11.1. The predicted octanol–water partition coefficient (Wildman–Crippen LogP) is 3.10. The van der Waals surface area contributed by atoms with Gasteiger partial charge in [-0.25, -0.2) is 4.79 Å². The van der Waals surface area contributed by atoms with Crippen LogP contribution in [0, 0.1) is 6.92 Å². The Bertz CT molecular complexity index is 981. The van der Waals surface area contributed by atoms with Gasteiger partial charge in [-0.15, -0.1) is 0 Å². The molecule has 5 nitrogen and oxygen atoms in total. The number of hydrogen-bond acceptors (Lipinski definition) is 5. The summed E-state index contributed by atoms with van der Waals surface area (Å²) in [6.45, 7) is 1.74. The molecule has 0 aliphatic carbocycles. The van der Waals surface area contributed by atoms with Crippen molar-refractivity contribution in [3.8, 4) is 16.9 Å². The van der Waals surface area contributed by atoms with Crippen LogP contribution in [0.2, 0.25) is 0 Å². The zero-order chi connectivity index (χ0) is 16.6. The second-order valence-electron chi connectivity index (χ2n) is 5.12.